The van der Waals surface area contributed by atoms with Gasteiger partial charge in [-0.1, -0.05) is 45.7 Å². The van der Waals surface area contributed by atoms with Crippen molar-refractivity contribution in [3.8, 4) is 0 Å². The first-order chi connectivity index (χ1) is 9.60. The first-order valence-electron chi connectivity index (χ1n) is 7.37. The van der Waals surface area contributed by atoms with Gasteiger partial charge in [-0.15, -0.1) is 0 Å². The van der Waals surface area contributed by atoms with Crippen LogP contribution in [0.3, 0.4) is 0 Å². The second kappa shape index (κ2) is 8.69. The average molecular weight is 280 g/mol. The van der Waals surface area contributed by atoms with Crippen molar-refractivity contribution in [2.24, 2.45) is 5.92 Å². The van der Waals surface area contributed by atoms with E-state index in [0.29, 0.717) is 12.5 Å². The molecular weight excluding hydrogens is 255 g/mol. The molecule has 0 saturated heterocycles. The van der Waals surface area contributed by atoms with E-state index in [1.807, 2.05) is 6.92 Å². The summed E-state index contributed by atoms with van der Waals surface area (Å²) in [4.78, 5) is 14.1. The van der Waals surface area contributed by atoms with Crippen LogP contribution in [0.1, 0.15) is 33.6 Å². The number of likely N-dealkylation sites (N-methyl/N-ethyl adjacent to an activating group) is 1. The Morgan fingerprint density at radius 2 is 1.90 bits per heavy atom. The number of amides is 1. The maximum absolute atomic E-state index is 13.5. The molecule has 4 heteroatoms. The molecule has 3 nitrogen and oxygen atoms in total. The lowest BCUT2D eigenvalue weighted by Crippen LogP contribution is -2.36. The van der Waals surface area contributed by atoms with Gasteiger partial charge in [-0.2, -0.15) is 0 Å². The third-order valence-electron chi connectivity index (χ3n) is 3.63. The van der Waals surface area contributed by atoms with Gasteiger partial charge in [0.05, 0.1) is 12.2 Å². The Balaban J connectivity index is 2.53. The molecule has 0 aliphatic carbocycles. The summed E-state index contributed by atoms with van der Waals surface area (Å²) < 4.78 is 13.5. The van der Waals surface area contributed by atoms with Crippen LogP contribution in [-0.2, 0) is 4.79 Å². The van der Waals surface area contributed by atoms with Crippen LogP contribution in [0.4, 0.5) is 10.1 Å². The fourth-order valence-electron chi connectivity index (χ4n) is 2.17. The van der Waals surface area contributed by atoms with Crippen LogP contribution < -0.4 is 5.32 Å². The molecule has 1 aromatic rings. The number of hydrogen-bond donors (Lipinski definition) is 1. The fraction of sp³-hybridized carbons (Fsp3) is 0.562. The third kappa shape index (κ3) is 5.29. The molecule has 0 aliphatic heterocycles. The van der Waals surface area contributed by atoms with Gasteiger partial charge in [-0.05, 0) is 24.6 Å². The number of hydrogen-bond acceptors (Lipinski definition) is 2. The number of carbonyl (C=O) groups is 1. The highest BCUT2D eigenvalue weighted by molar-refractivity contribution is 5.92. The summed E-state index contributed by atoms with van der Waals surface area (Å²) in [6, 6.07) is 6.23. The molecule has 1 amide bonds. The minimum absolute atomic E-state index is 0.164. The Hall–Kier alpha value is -1.42. The van der Waals surface area contributed by atoms with E-state index in [9.17, 15) is 9.18 Å². The summed E-state index contributed by atoms with van der Waals surface area (Å²) in [5.41, 5.74) is 0.246. The Morgan fingerprint density at radius 1 is 1.25 bits per heavy atom. The van der Waals surface area contributed by atoms with Gasteiger partial charge >= 0.3 is 0 Å². The first kappa shape index (κ1) is 16.6. The lowest BCUT2D eigenvalue weighted by Gasteiger charge is -2.24. The van der Waals surface area contributed by atoms with Gasteiger partial charge in [0, 0.05) is 6.54 Å². The molecule has 1 N–H and O–H groups in total. The molecule has 1 rings (SSSR count). The third-order valence-corrected chi connectivity index (χ3v) is 3.63. The number of rotatable bonds is 8. The highest BCUT2D eigenvalue weighted by Crippen LogP contribution is 2.13. The molecule has 0 unspecified atom stereocenters. The molecule has 0 spiro atoms. The van der Waals surface area contributed by atoms with Gasteiger partial charge in [0.2, 0.25) is 5.91 Å². The standard InChI is InChI=1S/C16H25FN2O/c1-4-13(5-2)11-19(6-3)12-16(20)18-15-10-8-7-9-14(15)17/h7-10,13H,4-6,11-12H2,1-3H3,(H,18,20). The number of nitrogens with zero attached hydrogens (tertiary/aromatic N) is 1. The number of carbonyl (C=O) groups excluding carboxylic acids is 1. The molecule has 0 bridgehead atoms. The lowest BCUT2D eigenvalue weighted by atomic mass is 10.0. The van der Waals surface area contributed by atoms with Crippen molar-refractivity contribution in [3.05, 3.63) is 30.1 Å². The zero-order valence-electron chi connectivity index (χ0n) is 12.7. The predicted octanol–water partition coefficient (Wildman–Crippen LogP) is 3.52. The minimum atomic E-state index is -0.399. The molecule has 0 saturated carbocycles. The summed E-state index contributed by atoms with van der Waals surface area (Å²) in [5.74, 6) is 0.0445. The van der Waals surface area contributed by atoms with Gasteiger partial charge in [0.1, 0.15) is 5.82 Å². The Labute approximate surface area is 121 Å². The van der Waals surface area contributed by atoms with Crippen molar-refractivity contribution < 1.29 is 9.18 Å². The summed E-state index contributed by atoms with van der Waals surface area (Å²) in [5, 5.41) is 2.63. The molecule has 20 heavy (non-hydrogen) atoms. The number of halogens is 1. The van der Waals surface area contributed by atoms with E-state index in [4.69, 9.17) is 0 Å². The topological polar surface area (TPSA) is 32.3 Å². The van der Waals surface area contributed by atoms with E-state index >= 15 is 0 Å². The SMILES string of the molecule is CCC(CC)CN(CC)CC(=O)Nc1ccccc1F. The summed E-state index contributed by atoms with van der Waals surface area (Å²) in [6.45, 7) is 8.42. The molecule has 0 heterocycles. The van der Waals surface area contributed by atoms with E-state index in [2.05, 4.69) is 24.1 Å². The highest BCUT2D eigenvalue weighted by Gasteiger charge is 2.14. The van der Waals surface area contributed by atoms with Crippen LogP contribution in [0.25, 0.3) is 0 Å². The van der Waals surface area contributed by atoms with Gasteiger partial charge in [-0.25, -0.2) is 4.39 Å². The average Bonchev–Trinajstić information content (AvgIpc) is 2.45. The number of nitrogens with one attached hydrogen (secondary N) is 1. The van der Waals surface area contributed by atoms with Crippen molar-refractivity contribution in [2.45, 2.75) is 33.6 Å². The van der Waals surface area contributed by atoms with Gasteiger partial charge in [0.25, 0.3) is 0 Å². The van der Waals surface area contributed by atoms with Crippen LogP contribution in [0.5, 0.6) is 0 Å². The van der Waals surface area contributed by atoms with Crippen molar-refractivity contribution in [1.82, 2.24) is 4.90 Å². The van der Waals surface area contributed by atoms with Crippen LogP contribution >= 0.6 is 0 Å². The van der Waals surface area contributed by atoms with Crippen LogP contribution in [0.15, 0.2) is 24.3 Å². The molecule has 0 fully saturated rings. The highest BCUT2D eigenvalue weighted by atomic mass is 19.1. The fourth-order valence-corrected chi connectivity index (χ4v) is 2.17. The zero-order valence-corrected chi connectivity index (χ0v) is 12.7. The Morgan fingerprint density at radius 3 is 2.45 bits per heavy atom. The number of benzene rings is 1. The summed E-state index contributed by atoms with van der Waals surface area (Å²) >= 11 is 0. The van der Waals surface area contributed by atoms with Crippen molar-refractivity contribution in [1.29, 1.82) is 0 Å². The quantitative estimate of drug-likeness (QED) is 0.790. The van der Waals surface area contributed by atoms with E-state index < -0.39 is 5.82 Å². The predicted molar refractivity (Wildman–Crippen MR) is 81.2 cm³/mol. The number of anilines is 1. The summed E-state index contributed by atoms with van der Waals surface area (Å²) in [7, 11) is 0. The van der Waals surface area contributed by atoms with Gasteiger partial charge in [-0.3, -0.25) is 9.69 Å². The second-order valence-electron chi connectivity index (χ2n) is 5.04. The van der Waals surface area contributed by atoms with E-state index in [1.165, 1.54) is 6.07 Å². The smallest absolute Gasteiger partial charge is 0.238 e. The lowest BCUT2D eigenvalue weighted by molar-refractivity contribution is -0.117. The molecule has 112 valence electrons. The van der Waals surface area contributed by atoms with Crippen molar-refractivity contribution >= 4 is 11.6 Å². The van der Waals surface area contributed by atoms with Gasteiger partial charge < -0.3 is 5.32 Å². The molecular formula is C16H25FN2O. The second-order valence-corrected chi connectivity index (χ2v) is 5.04. The molecule has 0 atom stereocenters. The molecule has 0 aromatic heterocycles. The number of para-hydroxylation sites is 1. The molecule has 0 radical (unpaired) electrons. The maximum atomic E-state index is 13.5. The monoisotopic (exact) mass is 280 g/mol. The van der Waals surface area contributed by atoms with E-state index in [1.54, 1.807) is 18.2 Å². The van der Waals surface area contributed by atoms with Crippen LogP contribution in [0, 0.1) is 11.7 Å². The molecule has 0 aliphatic rings. The first-order valence-corrected chi connectivity index (χ1v) is 7.37. The van der Waals surface area contributed by atoms with Crippen LogP contribution in [-0.4, -0.2) is 30.4 Å². The maximum Gasteiger partial charge on any atom is 0.238 e. The zero-order chi connectivity index (χ0) is 15.0. The minimum Gasteiger partial charge on any atom is -0.322 e. The Bertz CT molecular complexity index is 419. The molecule has 1 aromatic carbocycles. The summed E-state index contributed by atoms with van der Waals surface area (Å²) in [6.07, 6.45) is 2.23. The van der Waals surface area contributed by atoms with Crippen LogP contribution in [0.2, 0.25) is 0 Å². The normalized spacial score (nSPS) is 11.1. The van der Waals surface area contributed by atoms with Gasteiger partial charge in [0.15, 0.2) is 0 Å². The largest absolute Gasteiger partial charge is 0.322 e. The van der Waals surface area contributed by atoms with E-state index in [-0.39, 0.29) is 11.6 Å². The van der Waals surface area contributed by atoms with E-state index in [0.717, 1.165) is 25.9 Å². The van der Waals surface area contributed by atoms with Crippen molar-refractivity contribution in [2.75, 3.05) is 25.0 Å². The Kier molecular flexibility index (Phi) is 7.23. The van der Waals surface area contributed by atoms with Crippen molar-refractivity contribution in [3.63, 3.8) is 0 Å².